The third-order valence-corrected chi connectivity index (χ3v) is 5.15. The summed E-state index contributed by atoms with van der Waals surface area (Å²) in [7, 11) is 0. The summed E-state index contributed by atoms with van der Waals surface area (Å²) in [4.78, 5) is 13.0. The SMILES string of the molecule is C[C@@H](C#N)CN1N=C(c2ccccc2)Cn2c(cc3sccc32)C1=O. The molecule has 3 aromatic rings. The number of aromatic nitrogens is 1. The molecule has 0 bridgehead atoms. The van der Waals surface area contributed by atoms with Gasteiger partial charge in [-0.05, 0) is 30.0 Å². The quantitative estimate of drug-likeness (QED) is 0.724. The van der Waals surface area contributed by atoms with E-state index in [0.717, 1.165) is 21.5 Å². The number of amides is 1. The van der Waals surface area contributed by atoms with Gasteiger partial charge in [0.05, 0.1) is 41.0 Å². The second-order valence-electron chi connectivity index (χ2n) is 6.12. The average Bonchev–Trinajstić information content (AvgIpc) is 3.19. The van der Waals surface area contributed by atoms with E-state index in [2.05, 4.69) is 11.2 Å². The smallest absolute Gasteiger partial charge is 0.290 e. The zero-order chi connectivity index (χ0) is 17.4. The van der Waals surface area contributed by atoms with Crippen LogP contribution in [0.4, 0.5) is 0 Å². The van der Waals surface area contributed by atoms with E-state index in [9.17, 15) is 4.79 Å². The number of nitrogens with zero attached hydrogens (tertiary/aromatic N) is 4. The number of nitriles is 1. The van der Waals surface area contributed by atoms with Gasteiger partial charge in [-0.3, -0.25) is 4.79 Å². The molecule has 1 atom stereocenters. The number of hydrogen-bond acceptors (Lipinski definition) is 4. The number of hydrogen-bond donors (Lipinski definition) is 0. The van der Waals surface area contributed by atoms with Gasteiger partial charge in [-0.1, -0.05) is 30.3 Å². The molecule has 5 nitrogen and oxygen atoms in total. The molecule has 25 heavy (non-hydrogen) atoms. The number of fused-ring (bicyclic) bond motifs is 3. The standard InChI is InChI=1S/C19H16N4OS/c1-13(10-20)11-23-19(24)17-9-18-16(7-8-25-18)22(17)12-15(21-23)14-5-3-2-4-6-14/h2-9,13H,11-12H2,1H3/t13-/m0/s1. The zero-order valence-corrected chi connectivity index (χ0v) is 14.5. The van der Waals surface area contributed by atoms with Crippen molar-refractivity contribution in [2.45, 2.75) is 13.5 Å². The predicted octanol–water partition coefficient (Wildman–Crippen LogP) is 3.72. The van der Waals surface area contributed by atoms with E-state index in [-0.39, 0.29) is 18.4 Å². The molecule has 0 saturated heterocycles. The van der Waals surface area contributed by atoms with Gasteiger partial charge in [-0.25, -0.2) is 5.01 Å². The lowest BCUT2D eigenvalue weighted by atomic mass is 10.1. The van der Waals surface area contributed by atoms with Gasteiger partial charge >= 0.3 is 0 Å². The Morgan fingerprint density at radius 1 is 1.32 bits per heavy atom. The van der Waals surface area contributed by atoms with E-state index >= 15 is 0 Å². The number of hydrazone groups is 1. The lowest BCUT2D eigenvalue weighted by Crippen LogP contribution is -2.30. The number of carbonyl (C=O) groups is 1. The fourth-order valence-electron chi connectivity index (χ4n) is 3.03. The van der Waals surface area contributed by atoms with Gasteiger partial charge in [0.1, 0.15) is 5.69 Å². The normalized spacial score (nSPS) is 15.4. The topological polar surface area (TPSA) is 61.4 Å². The maximum atomic E-state index is 13.0. The fraction of sp³-hybridized carbons (Fsp3) is 0.211. The molecule has 0 N–H and O–H groups in total. The van der Waals surface area contributed by atoms with Crippen LogP contribution >= 0.6 is 11.3 Å². The molecular formula is C19H16N4OS. The monoisotopic (exact) mass is 348 g/mol. The maximum Gasteiger partial charge on any atom is 0.290 e. The first kappa shape index (κ1) is 15.6. The maximum absolute atomic E-state index is 13.0. The highest BCUT2D eigenvalue weighted by molar-refractivity contribution is 7.17. The molecule has 0 radical (unpaired) electrons. The molecule has 0 aliphatic carbocycles. The highest BCUT2D eigenvalue weighted by atomic mass is 32.1. The first-order valence-corrected chi connectivity index (χ1v) is 8.96. The summed E-state index contributed by atoms with van der Waals surface area (Å²) in [6, 6.07) is 16.0. The van der Waals surface area contributed by atoms with Crippen molar-refractivity contribution in [3.05, 3.63) is 59.1 Å². The zero-order valence-electron chi connectivity index (χ0n) is 13.7. The molecule has 0 saturated carbocycles. The summed E-state index contributed by atoms with van der Waals surface area (Å²) < 4.78 is 3.11. The second kappa shape index (κ2) is 6.19. The molecule has 0 unspecified atom stereocenters. The highest BCUT2D eigenvalue weighted by Gasteiger charge is 2.27. The van der Waals surface area contributed by atoms with Crippen molar-refractivity contribution in [3.8, 4) is 6.07 Å². The molecule has 3 heterocycles. The van der Waals surface area contributed by atoms with E-state index in [1.807, 2.05) is 52.4 Å². The highest BCUT2D eigenvalue weighted by Crippen LogP contribution is 2.28. The molecule has 6 heteroatoms. The minimum Gasteiger partial charge on any atom is -0.330 e. The van der Waals surface area contributed by atoms with Gasteiger partial charge in [0.2, 0.25) is 0 Å². The van der Waals surface area contributed by atoms with Crippen LogP contribution < -0.4 is 0 Å². The van der Waals surface area contributed by atoms with Crippen LogP contribution in [0.5, 0.6) is 0 Å². The van der Waals surface area contributed by atoms with Gasteiger partial charge in [0.15, 0.2) is 0 Å². The Kier molecular flexibility index (Phi) is 3.86. The summed E-state index contributed by atoms with van der Waals surface area (Å²) in [5.74, 6) is -0.441. The first-order chi connectivity index (χ1) is 12.2. The lowest BCUT2D eigenvalue weighted by Gasteiger charge is -2.17. The molecule has 4 rings (SSSR count). The van der Waals surface area contributed by atoms with E-state index in [0.29, 0.717) is 12.2 Å². The van der Waals surface area contributed by atoms with Crippen LogP contribution in [0.25, 0.3) is 10.2 Å². The Labute approximate surface area is 149 Å². The van der Waals surface area contributed by atoms with Crippen molar-refractivity contribution >= 4 is 33.2 Å². The predicted molar refractivity (Wildman–Crippen MR) is 98.6 cm³/mol. The molecule has 0 spiro atoms. The number of thiophene rings is 1. The Morgan fingerprint density at radius 3 is 2.88 bits per heavy atom. The van der Waals surface area contributed by atoms with E-state index in [1.165, 1.54) is 5.01 Å². The minimum atomic E-state index is -0.285. The second-order valence-corrected chi connectivity index (χ2v) is 7.06. The van der Waals surface area contributed by atoms with Crippen molar-refractivity contribution < 1.29 is 4.79 Å². The fourth-order valence-corrected chi connectivity index (χ4v) is 3.86. The third kappa shape index (κ3) is 2.73. The van der Waals surface area contributed by atoms with Crippen LogP contribution in [0.2, 0.25) is 0 Å². The van der Waals surface area contributed by atoms with E-state index in [4.69, 9.17) is 5.26 Å². The number of carbonyl (C=O) groups excluding carboxylic acids is 1. The third-order valence-electron chi connectivity index (χ3n) is 4.30. The van der Waals surface area contributed by atoms with Crippen molar-refractivity contribution in [1.29, 1.82) is 5.26 Å². The Balaban J connectivity index is 1.86. The van der Waals surface area contributed by atoms with Crippen molar-refractivity contribution in [2.75, 3.05) is 6.54 Å². The van der Waals surface area contributed by atoms with Crippen LogP contribution in [-0.2, 0) is 6.54 Å². The summed E-state index contributed by atoms with van der Waals surface area (Å²) in [6.07, 6.45) is 0. The van der Waals surface area contributed by atoms with Crippen LogP contribution in [-0.4, -0.2) is 27.7 Å². The summed E-state index contributed by atoms with van der Waals surface area (Å²) in [6.45, 7) is 2.61. The van der Waals surface area contributed by atoms with Crippen LogP contribution in [0.15, 0.2) is 52.9 Å². The molecule has 124 valence electrons. The van der Waals surface area contributed by atoms with Crippen LogP contribution in [0.1, 0.15) is 23.0 Å². The summed E-state index contributed by atoms with van der Waals surface area (Å²) in [5.41, 5.74) is 3.48. The molecular weight excluding hydrogens is 332 g/mol. The summed E-state index contributed by atoms with van der Waals surface area (Å²) >= 11 is 1.62. The van der Waals surface area contributed by atoms with Gasteiger partial charge in [-0.2, -0.15) is 10.4 Å². The van der Waals surface area contributed by atoms with E-state index in [1.54, 1.807) is 18.3 Å². The molecule has 0 fully saturated rings. The average molecular weight is 348 g/mol. The number of benzene rings is 1. The summed E-state index contributed by atoms with van der Waals surface area (Å²) in [5, 5.41) is 17.2. The van der Waals surface area contributed by atoms with Crippen molar-refractivity contribution in [3.63, 3.8) is 0 Å². The van der Waals surface area contributed by atoms with Gasteiger partial charge in [0.25, 0.3) is 5.91 Å². The minimum absolute atomic E-state index is 0.156. The molecule has 1 aliphatic rings. The number of rotatable bonds is 3. The van der Waals surface area contributed by atoms with Crippen molar-refractivity contribution in [2.24, 2.45) is 11.0 Å². The van der Waals surface area contributed by atoms with Crippen molar-refractivity contribution in [1.82, 2.24) is 9.58 Å². The molecule has 1 aromatic carbocycles. The van der Waals surface area contributed by atoms with E-state index < -0.39 is 0 Å². The Bertz CT molecular complexity index is 1010. The largest absolute Gasteiger partial charge is 0.330 e. The molecule has 1 amide bonds. The molecule has 1 aliphatic heterocycles. The van der Waals surface area contributed by atoms with Gasteiger partial charge in [0, 0.05) is 0 Å². The van der Waals surface area contributed by atoms with Gasteiger partial charge < -0.3 is 4.57 Å². The Morgan fingerprint density at radius 2 is 2.12 bits per heavy atom. The first-order valence-electron chi connectivity index (χ1n) is 8.08. The van der Waals surface area contributed by atoms with Crippen LogP contribution in [0, 0.1) is 17.2 Å². The lowest BCUT2D eigenvalue weighted by molar-refractivity contribution is 0.0744. The molecule has 2 aromatic heterocycles. The Hall–Kier alpha value is -2.91. The van der Waals surface area contributed by atoms with Crippen LogP contribution in [0.3, 0.4) is 0 Å². The van der Waals surface area contributed by atoms with Gasteiger partial charge in [-0.15, -0.1) is 11.3 Å².